The van der Waals surface area contributed by atoms with Crippen molar-refractivity contribution >= 4 is 39.9 Å². The van der Waals surface area contributed by atoms with E-state index in [9.17, 15) is 5.11 Å². The van der Waals surface area contributed by atoms with Crippen molar-refractivity contribution < 1.29 is 5.11 Å². The Hall–Kier alpha value is -0.000000000000000111. The van der Waals surface area contributed by atoms with Gasteiger partial charge in [-0.15, -0.1) is 12.4 Å². The standard InChI is InChI=1S/C9H12BrClN2O.ClH/c10-5-3-6(8(13)1-2-12)9(14)7(11)4-5;/h3-4,8,14H,1-2,12-13H2;1H/t8-;/m1./s1. The maximum Gasteiger partial charge on any atom is 0.139 e. The number of nitrogens with two attached hydrogens (primary N) is 2. The van der Waals surface area contributed by atoms with Gasteiger partial charge >= 0.3 is 0 Å². The van der Waals surface area contributed by atoms with Crippen molar-refractivity contribution in [2.45, 2.75) is 12.5 Å². The normalized spacial score (nSPS) is 12.0. The fraction of sp³-hybridized carbons (Fsp3) is 0.333. The van der Waals surface area contributed by atoms with Gasteiger partial charge in [0.1, 0.15) is 5.75 Å². The van der Waals surface area contributed by atoms with Crippen LogP contribution in [0, 0.1) is 0 Å². The van der Waals surface area contributed by atoms with E-state index in [1.54, 1.807) is 12.1 Å². The zero-order chi connectivity index (χ0) is 10.7. The summed E-state index contributed by atoms with van der Waals surface area (Å²) in [7, 11) is 0. The van der Waals surface area contributed by atoms with Crippen LogP contribution in [0.4, 0.5) is 0 Å². The highest BCUT2D eigenvalue weighted by Crippen LogP contribution is 2.34. The van der Waals surface area contributed by atoms with Gasteiger partial charge in [0.2, 0.25) is 0 Å². The predicted molar refractivity (Wildman–Crippen MR) is 68.7 cm³/mol. The second kappa shape index (κ2) is 6.55. The number of phenols is 1. The number of phenolic OH excluding ortho intramolecular Hbond substituents is 1. The van der Waals surface area contributed by atoms with Crippen LogP contribution in [-0.2, 0) is 0 Å². The van der Waals surface area contributed by atoms with Crippen LogP contribution >= 0.6 is 39.9 Å². The molecule has 0 bridgehead atoms. The highest BCUT2D eigenvalue weighted by molar-refractivity contribution is 9.10. The summed E-state index contributed by atoms with van der Waals surface area (Å²) in [6, 6.07) is 3.09. The molecule has 3 nitrogen and oxygen atoms in total. The average Bonchev–Trinajstić information content (AvgIpc) is 2.11. The number of hydrogen-bond acceptors (Lipinski definition) is 3. The SMILES string of the molecule is Cl.NCC[C@@H](N)c1cc(Br)cc(Cl)c1O. The molecule has 0 saturated carbocycles. The van der Waals surface area contributed by atoms with Gasteiger partial charge in [0.05, 0.1) is 5.02 Å². The topological polar surface area (TPSA) is 72.3 Å². The van der Waals surface area contributed by atoms with Gasteiger partial charge in [-0.2, -0.15) is 0 Å². The third-order valence-electron chi connectivity index (χ3n) is 1.93. The van der Waals surface area contributed by atoms with Gasteiger partial charge in [-0.25, -0.2) is 0 Å². The first-order valence-corrected chi connectivity index (χ1v) is 5.37. The van der Waals surface area contributed by atoms with Crippen LogP contribution in [0.25, 0.3) is 0 Å². The zero-order valence-electron chi connectivity index (χ0n) is 7.91. The Bertz CT molecular complexity index is 336. The van der Waals surface area contributed by atoms with E-state index in [0.717, 1.165) is 4.47 Å². The molecule has 0 spiro atoms. The third-order valence-corrected chi connectivity index (χ3v) is 2.68. The Balaban J connectivity index is 0.00000196. The Morgan fingerprint density at radius 3 is 2.60 bits per heavy atom. The van der Waals surface area contributed by atoms with Crippen LogP contribution in [0.1, 0.15) is 18.0 Å². The second-order valence-corrected chi connectivity index (χ2v) is 4.33. The molecule has 6 heteroatoms. The van der Waals surface area contributed by atoms with Crippen LogP contribution in [0.2, 0.25) is 5.02 Å². The minimum atomic E-state index is -0.282. The summed E-state index contributed by atoms with van der Waals surface area (Å²) >= 11 is 9.08. The van der Waals surface area contributed by atoms with Gasteiger partial charge in [-0.3, -0.25) is 0 Å². The van der Waals surface area contributed by atoms with Gasteiger partial charge < -0.3 is 16.6 Å². The molecule has 0 aliphatic carbocycles. The van der Waals surface area contributed by atoms with Crippen molar-refractivity contribution in [3.05, 3.63) is 27.2 Å². The summed E-state index contributed by atoms with van der Waals surface area (Å²) in [5.41, 5.74) is 11.8. The van der Waals surface area contributed by atoms with Gasteiger partial charge in [0, 0.05) is 16.1 Å². The highest BCUT2D eigenvalue weighted by Gasteiger charge is 2.13. The summed E-state index contributed by atoms with van der Waals surface area (Å²) in [5, 5.41) is 9.94. The Kier molecular flexibility index (Phi) is 6.55. The average molecular weight is 316 g/mol. The van der Waals surface area contributed by atoms with Crippen molar-refractivity contribution in [1.29, 1.82) is 0 Å². The predicted octanol–water partition coefficient (Wildman–Crippen LogP) is 2.58. The first-order valence-electron chi connectivity index (χ1n) is 4.19. The molecule has 0 unspecified atom stereocenters. The summed E-state index contributed by atoms with van der Waals surface area (Å²) in [6.45, 7) is 0.477. The van der Waals surface area contributed by atoms with E-state index >= 15 is 0 Å². The molecular weight excluding hydrogens is 303 g/mol. The van der Waals surface area contributed by atoms with Crippen LogP contribution in [-0.4, -0.2) is 11.7 Å². The quantitative estimate of drug-likeness (QED) is 0.802. The number of halogens is 3. The Labute approximate surface area is 108 Å². The second-order valence-electron chi connectivity index (χ2n) is 3.01. The van der Waals surface area contributed by atoms with Crippen LogP contribution in [0.5, 0.6) is 5.75 Å². The maximum absolute atomic E-state index is 9.65. The van der Waals surface area contributed by atoms with E-state index in [1.165, 1.54) is 0 Å². The fourth-order valence-electron chi connectivity index (χ4n) is 1.20. The molecule has 1 aromatic carbocycles. The molecule has 5 N–H and O–H groups in total. The molecule has 1 rings (SSSR count). The summed E-state index contributed by atoms with van der Waals surface area (Å²) in [6.07, 6.45) is 0.611. The summed E-state index contributed by atoms with van der Waals surface area (Å²) in [4.78, 5) is 0. The minimum absolute atomic E-state index is 0. The smallest absolute Gasteiger partial charge is 0.139 e. The lowest BCUT2D eigenvalue weighted by molar-refractivity contribution is 0.459. The molecule has 0 amide bonds. The van der Waals surface area contributed by atoms with Crippen molar-refractivity contribution in [2.75, 3.05) is 6.54 Å². The van der Waals surface area contributed by atoms with E-state index in [2.05, 4.69) is 15.9 Å². The molecule has 15 heavy (non-hydrogen) atoms. The molecule has 1 atom stereocenters. The maximum atomic E-state index is 9.65. The van der Waals surface area contributed by atoms with Crippen molar-refractivity contribution in [3.63, 3.8) is 0 Å². The zero-order valence-corrected chi connectivity index (χ0v) is 11.1. The molecule has 0 aliphatic heterocycles. The number of rotatable bonds is 3. The Morgan fingerprint density at radius 1 is 1.47 bits per heavy atom. The Morgan fingerprint density at radius 2 is 2.07 bits per heavy atom. The van der Waals surface area contributed by atoms with Crippen LogP contribution in [0.15, 0.2) is 16.6 Å². The van der Waals surface area contributed by atoms with E-state index in [-0.39, 0.29) is 24.2 Å². The van der Waals surface area contributed by atoms with Crippen LogP contribution < -0.4 is 11.5 Å². The summed E-state index contributed by atoms with van der Waals surface area (Å²) < 4.78 is 0.794. The van der Waals surface area contributed by atoms with Crippen molar-refractivity contribution in [2.24, 2.45) is 11.5 Å². The van der Waals surface area contributed by atoms with E-state index in [0.29, 0.717) is 23.6 Å². The fourth-order valence-corrected chi connectivity index (χ4v) is 2.04. The molecule has 0 saturated heterocycles. The van der Waals surface area contributed by atoms with E-state index in [1.807, 2.05) is 0 Å². The molecule has 86 valence electrons. The number of hydrogen-bond donors (Lipinski definition) is 3. The lowest BCUT2D eigenvalue weighted by atomic mass is 10.0. The van der Waals surface area contributed by atoms with Crippen molar-refractivity contribution in [3.8, 4) is 5.75 Å². The van der Waals surface area contributed by atoms with Crippen LogP contribution in [0.3, 0.4) is 0 Å². The molecule has 1 aromatic rings. The first kappa shape index (κ1) is 15.0. The lowest BCUT2D eigenvalue weighted by Crippen LogP contribution is -2.15. The monoisotopic (exact) mass is 314 g/mol. The summed E-state index contributed by atoms with van der Waals surface area (Å²) in [5.74, 6) is 0.0378. The highest BCUT2D eigenvalue weighted by atomic mass is 79.9. The van der Waals surface area contributed by atoms with Crippen molar-refractivity contribution in [1.82, 2.24) is 0 Å². The van der Waals surface area contributed by atoms with Gasteiger partial charge in [-0.05, 0) is 25.1 Å². The molecule has 0 aliphatic rings. The van der Waals surface area contributed by atoms with E-state index < -0.39 is 0 Å². The first-order chi connectivity index (χ1) is 6.56. The minimum Gasteiger partial charge on any atom is -0.506 e. The number of benzene rings is 1. The molecular formula is C9H13BrCl2N2O. The molecule has 0 fully saturated rings. The van der Waals surface area contributed by atoms with Gasteiger partial charge in [0.25, 0.3) is 0 Å². The molecule has 0 radical (unpaired) electrons. The van der Waals surface area contributed by atoms with Gasteiger partial charge in [-0.1, -0.05) is 27.5 Å². The molecule has 0 aromatic heterocycles. The number of aromatic hydroxyl groups is 1. The lowest BCUT2D eigenvalue weighted by Gasteiger charge is -2.13. The van der Waals surface area contributed by atoms with Gasteiger partial charge in [0.15, 0.2) is 0 Å². The third kappa shape index (κ3) is 3.81. The largest absolute Gasteiger partial charge is 0.506 e. The van der Waals surface area contributed by atoms with E-state index in [4.69, 9.17) is 23.1 Å². The molecule has 0 heterocycles.